The first-order valence-electron chi connectivity index (χ1n) is 6.70. The van der Waals surface area contributed by atoms with Crippen molar-refractivity contribution in [3.63, 3.8) is 0 Å². The number of benzene rings is 1. The van der Waals surface area contributed by atoms with Crippen LogP contribution in [0.4, 0.5) is 5.69 Å². The summed E-state index contributed by atoms with van der Waals surface area (Å²) in [6.45, 7) is 3.89. The summed E-state index contributed by atoms with van der Waals surface area (Å²) in [4.78, 5) is 0. The maximum absolute atomic E-state index is 9.94. The van der Waals surface area contributed by atoms with Crippen LogP contribution in [-0.2, 0) is 4.74 Å². The van der Waals surface area contributed by atoms with Crippen LogP contribution in [-0.4, -0.2) is 24.4 Å². The molecule has 3 nitrogen and oxygen atoms in total. The zero-order valence-corrected chi connectivity index (χ0v) is 11.5. The average Bonchev–Trinajstić information content (AvgIpc) is 2.40. The highest BCUT2D eigenvalue weighted by atomic mass is 16.5. The first-order chi connectivity index (χ1) is 8.61. The molecule has 1 aliphatic rings. The summed E-state index contributed by atoms with van der Waals surface area (Å²) < 4.78 is 5.38. The van der Waals surface area contributed by atoms with Gasteiger partial charge in [0.1, 0.15) is 5.75 Å². The summed E-state index contributed by atoms with van der Waals surface area (Å²) >= 11 is 0. The largest absolute Gasteiger partial charge is 0.507 e. The predicted molar refractivity (Wildman–Crippen MR) is 74.3 cm³/mol. The van der Waals surface area contributed by atoms with Gasteiger partial charge < -0.3 is 15.2 Å². The Morgan fingerprint density at radius 2 is 1.83 bits per heavy atom. The van der Waals surface area contributed by atoms with Gasteiger partial charge >= 0.3 is 0 Å². The number of aromatic hydroxyl groups is 1. The second-order valence-corrected chi connectivity index (χ2v) is 5.26. The van der Waals surface area contributed by atoms with E-state index in [-0.39, 0.29) is 0 Å². The molecular formula is C15H23NO2. The molecule has 100 valence electrons. The van der Waals surface area contributed by atoms with Gasteiger partial charge in [0.15, 0.2) is 0 Å². The van der Waals surface area contributed by atoms with Crippen molar-refractivity contribution < 1.29 is 9.84 Å². The molecule has 0 heterocycles. The molecule has 1 aliphatic carbocycles. The number of anilines is 1. The molecule has 2 rings (SSSR count). The highest BCUT2D eigenvalue weighted by Crippen LogP contribution is 2.30. The van der Waals surface area contributed by atoms with Crippen molar-refractivity contribution in [1.29, 1.82) is 0 Å². The van der Waals surface area contributed by atoms with Crippen LogP contribution in [0.15, 0.2) is 12.1 Å². The van der Waals surface area contributed by atoms with E-state index in [1.54, 1.807) is 7.11 Å². The number of hydrogen-bond donors (Lipinski definition) is 2. The van der Waals surface area contributed by atoms with E-state index >= 15 is 0 Å². The van der Waals surface area contributed by atoms with Crippen molar-refractivity contribution >= 4 is 5.69 Å². The molecule has 3 heteroatoms. The smallest absolute Gasteiger partial charge is 0.123 e. The fourth-order valence-electron chi connectivity index (χ4n) is 2.65. The van der Waals surface area contributed by atoms with Gasteiger partial charge in [0.25, 0.3) is 0 Å². The Morgan fingerprint density at radius 1 is 1.17 bits per heavy atom. The summed E-state index contributed by atoms with van der Waals surface area (Å²) in [6, 6.07) is 4.52. The van der Waals surface area contributed by atoms with Gasteiger partial charge in [-0.15, -0.1) is 0 Å². The van der Waals surface area contributed by atoms with Gasteiger partial charge in [-0.1, -0.05) is 6.07 Å². The zero-order chi connectivity index (χ0) is 13.1. The Morgan fingerprint density at radius 3 is 2.44 bits per heavy atom. The Hall–Kier alpha value is -1.22. The molecule has 1 aromatic carbocycles. The molecule has 0 aromatic heterocycles. The average molecular weight is 249 g/mol. The lowest BCUT2D eigenvalue weighted by atomic mass is 9.92. The van der Waals surface area contributed by atoms with Crippen LogP contribution in [0.5, 0.6) is 5.75 Å². The van der Waals surface area contributed by atoms with Crippen molar-refractivity contribution in [3.8, 4) is 5.75 Å². The lowest BCUT2D eigenvalue weighted by molar-refractivity contribution is 0.0682. The van der Waals surface area contributed by atoms with Crippen LogP contribution < -0.4 is 5.32 Å². The molecule has 0 amide bonds. The molecule has 0 atom stereocenters. The minimum atomic E-state index is 0.408. The number of phenols is 1. The van der Waals surface area contributed by atoms with E-state index in [4.69, 9.17) is 4.74 Å². The van der Waals surface area contributed by atoms with Gasteiger partial charge in [-0.05, 0) is 51.2 Å². The van der Waals surface area contributed by atoms with E-state index in [9.17, 15) is 5.11 Å². The molecular weight excluding hydrogens is 226 g/mol. The Kier molecular flexibility index (Phi) is 4.12. The van der Waals surface area contributed by atoms with Gasteiger partial charge in [0.05, 0.1) is 6.10 Å². The van der Waals surface area contributed by atoms with Gasteiger partial charge in [0.2, 0.25) is 0 Å². The molecule has 1 aromatic rings. The highest BCUT2D eigenvalue weighted by molar-refractivity contribution is 5.59. The first kappa shape index (κ1) is 13.2. The van der Waals surface area contributed by atoms with Crippen LogP contribution in [0.1, 0.15) is 36.8 Å². The van der Waals surface area contributed by atoms with Crippen molar-refractivity contribution in [1.82, 2.24) is 0 Å². The van der Waals surface area contributed by atoms with Crippen LogP contribution in [0.3, 0.4) is 0 Å². The predicted octanol–water partition coefficient (Wildman–Crippen LogP) is 3.38. The van der Waals surface area contributed by atoms with Gasteiger partial charge in [-0.25, -0.2) is 0 Å². The molecule has 0 unspecified atom stereocenters. The summed E-state index contributed by atoms with van der Waals surface area (Å²) in [5.74, 6) is 0.408. The second-order valence-electron chi connectivity index (χ2n) is 5.26. The molecule has 1 fully saturated rings. The third-order valence-corrected chi connectivity index (χ3v) is 4.00. The molecule has 0 aliphatic heterocycles. The van der Waals surface area contributed by atoms with E-state index in [1.807, 2.05) is 19.9 Å². The SMILES string of the molecule is COC1CCC(Nc2ccc(C)c(O)c2C)CC1. The quantitative estimate of drug-likeness (QED) is 0.863. The number of rotatable bonds is 3. The molecule has 0 bridgehead atoms. The monoisotopic (exact) mass is 249 g/mol. The number of phenolic OH excluding ortho intramolecular Hbond substituents is 1. The van der Waals surface area contributed by atoms with Crippen LogP contribution >= 0.6 is 0 Å². The summed E-state index contributed by atoms with van der Waals surface area (Å²) in [5, 5.41) is 13.5. The number of hydrogen-bond acceptors (Lipinski definition) is 3. The fourth-order valence-corrected chi connectivity index (χ4v) is 2.65. The maximum Gasteiger partial charge on any atom is 0.123 e. The van der Waals surface area contributed by atoms with Gasteiger partial charge in [-0.2, -0.15) is 0 Å². The van der Waals surface area contributed by atoms with E-state index in [1.165, 1.54) is 0 Å². The summed E-state index contributed by atoms with van der Waals surface area (Å²) in [7, 11) is 1.79. The number of ether oxygens (including phenoxy) is 1. The Balaban J connectivity index is 2.00. The third-order valence-electron chi connectivity index (χ3n) is 4.00. The van der Waals surface area contributed by atoms with Crippen molar-refractivity contribution in [2.75, 3.05) is 12.4 Å². The zero-order valence-electron chi connectivity index (χ0n) is 11.5. The normalized spacial score (nSPS) is 23.9. The minimum Gasteiger partial charge on any atom is -0.507 e. The van der Waals surface area contributed by atoms with Crippen LogP contribution in [0, 0.1) is 13.8 Å². The van der Waals surface area contributed by atoms with Crippen molar-refractivity contribution in [2.45, 2.75) is 51.7 Å². The number of aryl methyl sites for hydroxylation is 1. The molecule has 0 radical (unpaired) electrons. The highest BCUT2D eigenvalue weighted by Gasteiger charge is 2.21. The van der Waals surface area contributed by atoms with E-state index in [0.29, 0.717) is 17.9 Å². The lowest BCUT2D eigenvalue weighted by Gasteiger charge is -2.29. The number of methoxy groups -OCH3 is 1. The molecule has 1 saturated carbocycles. The summed E-state index contributed by atoms with van der Waals surface area (Å²) in [5.41, 5.74) is 2.93. The van der Waals surface area contributed by atoms with Crippen LogP contribution in [0.2, 0.25) is 0 Å². The lowest BCUT2D eigenvalue weighted by Crippen LogP contribution is -2.29. The van der Waals surface area contributed by atoms with E-state index < -0.39 is 0 Å². The number of nitrogens with one attached hydrogen (secondary N) is 1. The molecule has 0 saturated heterocycles. The van der Waals surface area contributed by atoms with Crippen molar-refractivity contribution in [3.05, 3.63) is 23.3 Å². The Bertz CT molecular complexity index is 409. The van der Waals surface area contributed by atoms with Gasteiger partial charge in [0, 0.05) is 24.4 Å². The summed E-state index contributed by atoms with van der Waals surface area (Å²) in [6.07, 6.45) is 4.92. The topological polar surface area (TPSA) is 41.5 Å². The third kappa shape index (κ3) is 2.78. The second kappa shape index (κ2) is 5.61. The standard InChI is InChI=1S/C15H23NO2/c1-10-4-9-14(11(2)15(10)17)16-12-5-7-13(18-3)8-6-12/h4,9,12-13,16-17H,5-8H2,1-3H3. The molecule has 2 N–H and O–H groups in total. The first-order valence-corrected chi connectivity index (χ1v) is 6.70. The Labute approximate surface area is 109 Å². The van der Waals surface area contributed by atoms with Gasteiger partial charge in [-0.3, -0.25) is 0 Å². The maximum atomic E-state index is 9.94. The van der Waals surface area contributed by atoms with E-state index in [0.717, 1.165) is 42.5 Å². The molecule has 18 heavy (non-hydrogen) atoms. The van der Waals surface area contributed by atoms with E-state index in [2.05, 4.69) is 11.4 Å². The molecule has 0 spiro atoms. The van der Waals surface area contributed by atoms with Crippen molar-refractivity contribution in [2.24, 2.45) is 0 Å². The fraction of sp³-hybridized carbons (Fsp3) is 0.600. The van der Waals surface area contributed by atoms with Crippen LogP contribution in [0.25, 0.3) is 0 Å². The minimum absolute atomic E-state index is 0.408.